The Bertz CT molecular complexity index is 2060. The van der Waals surface area contributed by atoms with E-state index in [0.717, 1.165) is 21.7 Å². The molecular weight excluding hydrogens is 921 g/mol. The maximum atomic E-state index is 14.2. The van der Waals surface area contributed by atoms with Gasteiger partial charge in [-0.3, -0.25) is 24.5 Å². The van der Waals surface area contributed by atoms with E-state index in [2.05, 4.69) is 41.5 Å². The van der Waals surface area contributed by atoms with Crippen molar-refractivity contribution in [2.45, 2.75) is 128 Å². The van der Waals surface area contributed by atoms with Crippen LogP contribution in [0.1, 0.15) is 91.8 Å². The highest BCUT2D eigenvalue weighted by molar-refractivity contribution is 7.13. The summed E-state index contributed by atoms with van der Waals surface area (Å²) >= 11 is 19.5. The fraction of sp³-hybridized carbons (Fsp3) is 0.591. The van der Waals surface area contributed by atoms with Gasteiger partial charge in [0.05, 0.1) is 34.4 Å². The lowest BCUT2D eigenvalue weighted by molar-refractivity contribution is -0.145. The summed E-state index contributed by atoms with van der Waals surface area (Å²) in [5.41, 5.74) is 2.28. The first-order chi connectivity index (χ1) is 30.4. The second-order valence-corrected chi connectivity index (χ2v) is 21.5. The normalized spacial score (nSPS) is 16.6. The topological polar surface area (TPSA) is 226 Å². The van der Waals surface area contributed by atoms with E-state index < -0.39 is 56.6 Å². The Morgan fingerprint density at radius 3 is 2.22 bits per heavy atom. The Balaban J connectivity index is 1.19. The van der Waals surface area contributed by atoms with E-state index in [1.165, 1.54) is 17.3 Å². The van der Waals surface area contributed by atoms with Gasteiger partial charge in [-0.2, -0.15) is 0 Å². The monoisotopic (exact) mass is 981 g/mol. The molecule has 3 heterocycles. The molecule has 17 nitrogen and oxygen atoms in total. The Labute approximate surface area is 399 Å². The van der Waals surface area contributed by atoms with Crippen LogP contribution in [-0.2, 0) is 35.2 Å². The summed E-state index contributed by atoms with van der Waals surface area (Å²) in [5, 5.41) is 24.4. The number of thiazole rings is 1. The summed E-state index contributed by atoms with van der Waals surface area (Å²) in [4.78, 5) is 81.2. The van der Waals surface area contributed by atoms with Crippen LogP contribution in [-0.4, -0.2) is 115 Å². The van der Waals surface area contributed by atoms with Gasteiger partial charge in [0.1, 0.15) is 12.1 Å². The van der Waals surface area contributed by atoms with Crippen molar-refractivity contribution in [3.05, 3.63) is 59.5 Å². The van der Waals surface area contributed by atoms with Crippen molar-refractivity contribution in [3.63, 3.8) is 0 Å². The number of β-amino-alcohol motifs (C(OH)–C–C–N with tert-alkyl or cyclic N) is 1. The Morgan fingerprint density at radius 2 is 1.60 bits per heavy atom. The minimum atomic E-state index is -1.95. The summed E-state index contributed by atoms with van der Waals surface area (Å²) in [6, 6.07) is 7.53. The third-order valence-electron chi connectivity index (χ3n) is 10.8. The predicted octanol–water partition coefficient (Wildman–Crippen LogP) is 6.05. The molecule has 1 aliphatic rings. The number of likely N-dealkylation sites (tertiary alicyclic amines) is 1. The van der Waals surface area contributed by atoms with Gasteiger partial charge in [-0.1, -0.05) is 93.7 Å². The predicted molar refractivity (Wildman–Crippen MR) is 251 cm³/mol. The number of ether oxygens (including phenoxy) is 2. The number of alkyl carbamates (subject to hydrolysis) is 1. The summed E-state index contributed by atoms with van der Waals surface area (Å²) in [7, 11) is 0. The number of amides is 5. The van der Waals surface area contributed by atoms with Crippen molar-refractivity contribution in [1.29, 1.82) is 0 Å². The first-order valence-corrected chi connectivity index (χ1v) is 23.4. The molecule has 21 heteroatoms. The first-order valence-electron chi connectivity index (χ1n) is 21.4. The quantitative estimate of drug-likeness (QED) is 0.0408. The molecule has 65 heavy (non-hydrogen) atoms. The van der Waals surface area contributed by atoms with Crippen LogP contribution in [0.4, 0.5) is 10.7 Å². The molecule has 0 saturated carbocycles. The van der Waals surface area contributed by atoms with Crippen LogP contribution in [0.25, 0.3) is 10.4 Å². The van der Waals surface area contributed by atoms with Crippen molar-refractivity contribution in [1.82, 2.24) is 41.1 Å². The van der Waals surface area contributed by atoms with E-state index >= 15 is 0 Å². The van der Waals surface area contributed by atoms with Crippen LogP contribution in [0.3, 0.4) is 0 Å². The minimum absolute atomic E-state index is 0.0201. The van der Waals surface area contributed by atoms with E-state index in [9.17, 15) is 29.1 Å². The molecule has 6 N–H and O–H groups in total. The van der Waals surface area contributed by atoms with Gasteiger partial charge in [-0.05, 0) is 62.6 Å². The molecular formula is C44H62Cl3N9O8S. The van der Waals surface area contributed by atoms with Gasteiger partial charge in [-0.25, -0.2) is 19.7 Å². The number of aliphatic hydroxyl groups is 1. The number of nitrogens with one attached hydrogen (secondary N) is 5. The lowest BCUT2D eigenvalue weighted by atomic mass is 9.83. The average molecular weight is 983 g/mol. The highest BCUT2D eigenvalue weighted by Crippen LogP contribution is 2.32. The van der Waals surface area contributed by atoms with Crippen molar-refractivity contribution in [3.8, 4) is 10.4 Å². The molecule has 0 bridgehead atoms. The lowest BCUT2D eigenvalue weighted by Gasteiger charge is -2.37. The lowest BCUT2D eigenvalue weighted by Crippen LogP contribution is -2.59. The number of hydrogen-bond donors (Lipinski definition) is 6. The summed E-state index contributed by atoms with van der Waals surface area (Å²) in [6.45, 7) is 15.3. The zero-order chi connectivity index (χ0) is 48.2. The molecule has 0 spiro atoms. The van der Waals surface area contributed by atoms with Gasteiger partial charge in [0.15, 0.2) is 6.17 Å². The maximum Gasteiger partial charge on any atom is 0.408 e. The summed E-state index contributed by atoms with van der Waals surface area (Å²) in [5.74, 6) is -1.29. The van der Waals surface area contributed by atoms with Crippen LogP contribution in [0.15, 0.2) is 48.2 Å². The second-order valence-electron chi connectivity index (χ2n) is 18.3. The molecule has 1 unspecified atom stereocenters. The Kier molecular flexibility index (Phi) is 19.2. The van der Waals surface area contributed by atoms with E-state index in [0.29, 0.717) is 19.3 Å². The summed E-state index contributed by atoms with van der Waals surface area (Å²) < 4.78 is 9.36. The second kappa shape index (κ2) is 23.4. The first kappa shape index (κ1) is 53.3. The zero-order valence-electron chi connectivity index (χ0n) is 38.1. The van der Waals surface area contributed by atoms with E-state index in [1.807, 2.05) is 65.8 Å². The number of hydrogen-bond acceptors (Lipinski definition) is 13. The molecule has 1 aliphatic heterocycles. The highest BCUT2D eigenvalue weighted by Gasteiger charge is 2.45. The number of rotatable bonds is 21. The highest BCUT2D eigenvalue weighted by atomic mass is 35.6. The fourth-order valence-electron chi connectivity index (χ4n) is 6.70. The molecule has 5 amide bonds. The smallest absolute Gasteiger partial charge is 0.408 e. The third kappa shape index (κ3) is 16.8. The number of alkyl halides is 3. The van der Waals surface area contributed by atoms with Gasteiger partial charge >= 0.3 is 6.09 Å². The number of aromatic nitrogens is 3. The zero-order valence-corrected chi connectivity index (χ0v) is 41.2. The number of halogens is 3. The fourth-order valence-corrected chi connectivity index (χ4v) is 7.84. The van der Waals surface area contributed by atoms with Crippen LogP contribution < -0.4 is 26.6 Å². The van der Waals surface area contributed by atoms with Gasteiger partial charge in [0.2, 0.25) is 33.4 Å². The molecule has 1 aromatic carbocycles. The number of carbonyl (C=O) groups excluding carboxylic acids is 5. The van der Waals surface area contributed by atoms with E-state index in [1.54, 1.807) is 36.8 Å². The SMILES string of the molecule is Cc1ncsc1-c1ccc(CNC(=O)[C@@H]2C[C@@H](O)CN2C(=O)[C@@H](NC(=O)C(C)(C)CCOC(C)(C)CCC(=O)NCCCOC(=O)NC(Nc2ncccn2)C(Cl)(Cl)Cl)C(C)(C)C)cc1. The van der Waals surface area contributed by atoms with Crippen molar-refractivity contribution in [2.75, 3.05) is 31.6 Å². The average Bonchev–Trinajstić information content (AvgIpc) is 3.85. The Hall–Kier alpha value is -4.33. The van der Waals surface area contributed by atoms with Crippen molar-refractivity contribution < 1.29 is 38.6 Å². The molecule has 4 atom stereocenters. The number of aliphatic hydroxyl groups excluding tert-OH is 1. The number of aryl methyl sites for hydroxylation is 1. The van der Waals surface area contributed by atoms with E-state index in [-0.39, 0.29) is 69.4 Å². The standard InChI is InChI=1S/C44H62Cl3N9O8S/c1-27-33(65-26-52-27)29-13-11-28(12-14-29)24-51-35(59)31-23-30(57)25-56(31)36(60)34(41(2,3)4)53-38(61)42(5,6)17-22-64-43(7,8)16-15-32(58)48-20-10-21-63-40(62)55-37(44(45,46)47)54-39-49-18-9-19-50-39/h9,11-14,18-19,26,30-31,34,37,57H,10,15-17,20-25H2,1-8H3,(H,48,58)(H,51,59)(H,53,61)(H,55,62)(H,49,50,54)/t30-,31+,34-,37?/m1/s1. The third-order valence-corrected chi connectivity index (χ3v) is 12.4. The number of nitrogens with zero attached hydrogens (tertiary/aromatic N) is 4. The number of carbonyl (C=O) groups is 5. The number of benzene rings is 1. The van der Waals surface area contributed by atoms with Crippen LogP contribution in [0.2, 0.25) is 0 Å². The molecule has 0 aliphatic carbocycles. The molecule has 3 aromatic rings. The van der Waals surface area contributed by atoms with E-state index in [4.69, 9.17) is 44.3 Å². The molecule has 2 aromatic heterocycles. The van der Waals surface area contributed by atoms with Gasteiger partial charge in [0, 0.05) is 56.9 Å². The van der Waals surface area contributed by atoms with Crippen molar-refractivity contribution >= 4 is 81.8 Å². The van der Waals surface area contributed by atoms with Crippen LogP contribution in [0.5, 0.6) is 0 Å². The van der Waals surface area contributed by atoms with Crippen molar-refractivity contribution in [2.24, 2.45) is 10.8 Å². The number of anilines is 1. The minimum Gasteiger partial charge on any atom is -0.449 e. The molecule has 0 radical (unpaired) electrons. The Morgan fingerprint density at radius 1 is 0.923 bits per heavy atom. The molecule has 1 fully saturated rings. The molecule has 4 rings (SSSR count). The van der Waals surface area contributed by atoms with Gasteiger partial charge in [-0.15, -0.1) is 11.3 Å². The van der Waals surface area contributed by atoms with Gasteiger partial charge in [0.25, 0.3) is 0 Å². The molecule has 1 saturated heterocycles. The molecule has 358 valence electrons. The maximum absolute atomic E-state index is 14.2. The van der Waals surface area contributed by atoms with Crippen LogP contribution >= 0.6 is 46.1 Å². The van der Waals surface area contributed by atoms with Crippen LogP contribution in [0, 0.1) is 17.8 Å². The largest absolute Gasteiger partial charge is 0.449 e. The van der Waals surface area contributed by atoms with Gasteiger partial charge < -0.3 is 40.7 Å². The summed E-state index contributed by atoms with van der Waals surface area (Å²) in [6.07, 6.45) is 1.27.